The van der Waals surface area contributed by atoms with Crippen LogP contribution in [0.25, 0.3) is 21.3 Å². The highest BCUT2D eigenvalue weighted by molar-refractivity contribution is 5.94. The van der Waals surface area contributed by atoms with Crippen LogP contribution in [0, 0.1) is 0 Å². The molecule has 1 heterocycles. The molecule has 0 saturated heterocycles. The van der Waals surface area contributed by atoms with Gasteiger partial charge in [0.05, 0.1) is 18.7 Å². The Balaban J connectivity index is 2.61. The van der Waals surface area contributed by atoms with E-state index in [0.717, 1.165) is 0 Å². The third-order valence-electron chi connectivity index (χ3n) is 3.38. The smallest absolute Gasteiger partial charge is 0.302 e. The lowest BCUT2D eigenvalue weighted by molar-refractivity contribution is -0.141. The number of nitrogens with zero attached hydrogens (tertiary/aromatic N) is 4. The molecule has 0 spiro atoms. The predicted molar refractivity (Wildman–Crippen MR) is 83.3 cm³/mol. The van der Waals surface area contributed by atoms with Crippen LogP contribution in [0.1, 0.15) is 30.2 Å². The maximum absolute atomic E-state index is 11.8. The van der Waals surface area contributed by atoms with E-state index in [1.807, 2.05) is 0 Å². The van der Waals surface area contributed by atoms with Gasteiger partial charge in [-0.2, -0.15) is 0 Å². The van der Waals surface area contributed by atoms with Crippen LogP contribution in [0.2, 0.25) is 0 Å². The van der Waals surface area contributed by atoms with Gasteiger partial charge in [-0.25, -0.2) is 0 Å². The van der Waals surface area contributed by atoms with Crippen LogP contribution < -0.4 is 4.74 Å². The molecule has 120 valence electrons. The molecule has 0 bridgehead atoms. The zero-order valence-electron chi connectivity index (χ0n) is 13.0. The molecule has 0 aliphatic carbocycles. The number of benzene rings is 1. The molecular weight excluding hydrogens is 300 g/mol. The highest BCUT2D eigenvalue weighted by Gasteiger charge is 2.20. The van der Waals surface area contributed by atoms with E-state index in [0.29, 0.717) is 22.2 Å². The van der Waals surface area contributed by atoms with Gasteiger partial charge in [0.1, 0.15) is 12.4 Å². The lowest BCUT2D eigenvalue weighted by Gasteiger charge is -2.10. The fourth-order valence-electron chi connectivity index (χ4n) is 2.33. The molecule has 8 heteroatoms. The van der Waals surface area contributed by atoms with Crippen molar-refractivity contribution in [1.82, 2.24) is 4.57 Å². The molecule has 0 unspecified atom stereocenters. The highest BCUT2D eigenvalue weighted by atomic mass is 16.5. The fourth-order valence-corrected chi connectivity index (χ4v) is 2.33. The molecule has 2 rings (SSSR count). The number of aromatic nitrogens is 1. The Labute approximate surface area is 132 Å². The maximum atomic E-state index is 11.8. The second-order valence-corrected chi connectivity index (χ2v) is 4.88. The summed E-state index contributed by atoms with van der Waals surface area (Å²) in [7, 11) is 1.53. The molecule has 1 aromatic carbocycles. The van der Waals surface area contributed by atoms with Gasteiger partial charge in [0.15, 0.2) is 0 Å². The first-order valence-electron chi connectivity index (χ1n) is 6.85. The van der Waals surface area contributed by atoms with E-state index in [4.69, 9.17) is 15.0 Å². The average Bonchev–Trinajstić information content (AvgIpc) is 2.90. The molecule has 2 aromatic rings. The highest BCUT2D eigenvalue weighted by Crippen LogP contribution is 2.32. The number of carbonyl (C=O) groups excluding carboxylic acids is 2. The lowest BCUT2D eigenvalue weighted by atomic mass is 10.1. The number of ether oxygens (including phenoxy) is 2. The molecule has 0 fully saturated rings. The van der Waals surface area contributed by atoms with Gasteiger partial charge >= 0.3 is 5.97 Å². The van der Waals surface area contributed by atoms with Crippen LogP contribution in [0.4, 0.5) is 0 Å². The first kappa shape index (κ1) is 16.4. The average molecular weight is 316 g/mol. The summed E-state index contributed by atoms with van der Waals surface area (Å²) in [5.74, 6) is -0.0538. The number of carbonyl (C=O) groups is 2. The molecule has 0 aliphatic heterocycles. The molecule has 0 aliphatic rings. The summed E-state index contributed by atoms with van der Waals surface area (Å²) < 4.78 is 11.6. The van der Waals surface area contributed by atoms with Crippen molar-refractivity contribution < 1.29 is 19.1 Å². The van der Waals surface area contributed by atoms with Crippen molar-refractivity contribution in [2.45, 2.75) is 19.9 Å². The van der Waals surface area contributed by atoms with Crippen molar-refractivity contribution >= 4 is 22.8 Å². The number of hydrogen-bond donors (Lipinski definition) is 0. The van der Waals surface area contributed by atoms with E-state index in [2.05, 4.69) is 10.0 Å². The van der Waals surface area contributed by atoms with E-state index in [1.165, 1.54) is 25.5 Å². The Morgan fingerprint density at radius 3 is 2.70 bits per heavy atom. The van der Waals surface area contributed by atoms with E-state index >= 15 is 0 Å². The third kappa shape index (κ3) is 3.44. The SMILES string of the molecule is COc1ccc2c(c1)c([C@H](COC(C)=O)N=[N+]=[N-])cn2C(C)=O. The van der Waals surface area contributed by atoms with Crippen molar-refractivity contribution in [1.29, 1.82) is 0 Å². The number of hydrogen-bond acceptors (Lipinski definition) is 5. The number of fused-ring (bicyclic) bond motifs is 1. The van der Waals surface area contributed by atoms with E-state index in [9.17, 15) is 9.59 Å². The van der Waals surface area contributed by atoms with Gasteiger partial charge in [-0.1, -0.05) is 5.11 Å². The summed E-state index contributed by atoms with van der Waals surface area (Å²) in [5, 5.41) is 4.38. The monoisotopic (exact) mass is 316 g/mol. The van der Waals surface area contributed by atoms with Gasteiger partial charge in [-0.15, -0.1) is 0 Å². The Bertz CT molecular complexity index is 805. The Kier molecular flexibility index (Phi) is 4.88. The van der Waals surface area contributed by atoms with Gasteiger partial charge < -0.3 is 9.47 Å². The number of azide groups is 1. The predicted octanol–water partition coefficient (Wildman–Crippen LogP) is 3.22. The minimum atomic E-state index is -0.737. The number of methoxy groups -OCH3 is 1. The Morgan fingerprint density at radius 1 is 1.39 bits per heavy atom. The minimum absolute atomic E-state index is 0.104. The van der Waals surface area contributed by atoms with E-state index < -0.39 is 12.0 Å². The van der Waals surface area contributed by atoms with E-state index in [-0.39, 0.29) is 12.5 Å². The largest absolute Gasteiger partial charge is 0.497 e. The van der Waals surface area contributed by atoms with Crippen LogP contribution in [0.5, 0.6) is 5.75 Å². The number of rotatable bonds is 5. The summed E-state index contributed by atoms with van der Waals surface area (Å²) in [6, 6.07) is 4.50. The molecular formula is C15H16N4O4. The summed E-state index contributed by atoms with van der Waals surface area (Å²) in [4.78, 5) is 25.6. The van der Waals surface area contributed by atoms with Crippen LogP contribution in [-0.4, -0.2) is 30.2 Å². The summed E-state index contributed by atoms with van der Waals surface area (Å²) in [6.07, 6.45) is 1.59. The standard InChI is InChI=1S/C15H16N4O4/c1-9(20)19-7-13(14(17-18-16)8-23-10(2)21)12-6-11(22-3)4-5-15(12)19/h4-7,14H,8H2,1-3H3/t14-/m0/s1. The van der Waals surface area contributed by atoms with Gasteiger partial charge in [0, 0.05) is 30.3 Å². The molecule has 8 nitrogen and oxygen atoms in total. The maximum Gasteiger partial charge on any atom is 0.302 e. The van der Waals surface area contributed by atoms with Gasteiger partial charge in [0.25, 0.3) is 0 Å². The molecule has 0 N–H and O–H groups in total. The van der Waals surface area contributed by atoms with Crippen LogP contribution in [0.3, 0.4) is 0 Å². The summed E-state index contributed by atoms with van der Waals surface area (Å²) >= 11 is 0. The molecule has 1 atom stereocenters. The minimum Gasteiger partial charge on any atom is -0.497 e. The number of esters is 1. The van der Waals surface area contributed by atoms with Crippen molar-refractivity contribution in [2.24, 2.45) is 5.11 Å². The zero-order chi connectivity index (χ0) is 17.0. The van der Waals surface area contributed by atoms with Crippen LogP contribution in [-0.2, 0) is 9.53 Å². The third-order valence-corrected chi connectivity index (χ3v) is 3.38. The van der Waals surface area contributed by atoms with Crippen molar-refractivity contribution in [2.75, 3.05) is 13.7 Å². The topological polar surface area (TPSA) is 106 Å². The second-order valence-electron chi connectivity index (χ2n) is 4.88. The summed E-state index contributed by atoms with van der Waals surface area (Å²) in [6.45, 7) is 2.60. The first-order chi connectivity index (χ1) is 11.0. The molecule has 1 aromatic heterocycles. The van der Waals surface area contributed by atoms with Gasteiger partial charge in [-0.3, -0.25) is 14.2 Å². The van der Waals surface area contributed by atoms with Crippen molar-refractivity contribution in [3.8, 4) is 5.75 Å². The van der Waals surface area contributed by atoms with Crippen molar-refractivity contribution in [3.63, 3.8) is 0 Å². The van der Waals surface area contributed by atoms with Crippen molar-refractivity contribution in [3.05, 3.63) is 40.4 Å². The van der Waals surface area contributed by atoms with E-state index in [1.54, 1.807) is 24.4 Å². The first-order valence-corrected chi connectivity index (χ1v) is 6.85. The van der Waals surface area contributed by atoms with Crippen LogP contribution >= 0.6 is 0 Å². The molecule has 0 radical (unpaired) electrons. The van der Waals surface area contributed by atoms with Gasteiger partial charge in [0.2, 0.25) is 5.91 Å². The summed E-state index contributed by atoms with van der Waals surface area (Å²) in [5.41, 5.74) is 10.0. The van der Waals surface area contributed by atoms with Gasteiger partial charge in [-0.05, 0) is 29.3 Å². The lowest BCUT2D eigenvalue weighted by Crippen LogP contribution is -2.09. The Hall–Kier alpha value is -2.99. The second kappa shape index (κ2) is 6.85. The zero-order valence-corrected chi connectivity index (χ0v) is 13.0. The van der Waals surface area contributed by atoms with Crippen LogP contribution in [0.15, 0.2) is 29.5 Å². The fraction of sp³-hybridized carbons (Fsp3) is 0.333. The molecule has 23 heavy (non-hydrogen) atoms. The molecule has 0 amide bonds. The quantitative estimate of drug-likeness (QED) is 0.365. The normalized spacial score (nSPS) is 11.6. The Morgan fingerprint density at radius 2 is 2.13 bits per heavy atom. The molecule has 0 saturated carbocycles.